The fraction of sp³-hybridized carbons (Fsp3) is 0.286. The normalized spacial score (nSPS) is 10.4. The Hall–Kier alpha value is -2.75. The van der Waals surface area contributed by atoms with Crippen LogP contribution in [0.4, 0.5) is 0 Å². The van der Waals surface area contributed by atoms with Gasteiger partial charge in [0.1, 0.15) is 0 Å². The molecule has 0 spiro atoms. The van der Waals surface area contributed by atoms with Gasteiger partial charge in [0, 0.05) is 23.5 Å². The molecular weight excluding hydrogens is 314 g/mol. The molecule has 0 aliphatic heterocycles. The van der Waals surface area contributed by atoms with Crippen LogP contribution in [-0.2, 0) is 13.0 Å². The molecule has 0 aliphatic carbocycles. The van der Waals surface area contributed by atoms with Crippen molar-refractivity contribution < 1.29 is 14.3 Å². The number of rotatable bonds is 9. The van der Waals surface area contributed by atoms with Gasteiger partial charge in [-0.2, -0.15) is 0 Å². The van der Waals surface area contributed by atoms with E-state index in [1.807, 2.05) is 50.3 Å². The lowest BCUT2D eigenvalue weighted by molar-refractivity contribution is 0.0918. The van der Waals surface area contributed by atoms with Crippen molar-refractivity contribution in [1.82, 2.24) is 4.57 Å². The zero-order chi connectivity index (χ0) is 18.4. The number of benzene rings is 1. The first-order chi connectivity index (χ1) is 12.0. The summed E-state index contributed by atoms with van der Waals surface area (Å²) in [6, 6.07) is 7.57. The molecule has 1 aromatic carbocycles. The lowest BCUT2D eigenvalue weighted by Crippen LogP contribution is -2.13. The molecule has 2 rings (SSSR count). The highest BCUT2D eigenvalue weighted by molar-refractivity contribution is 5.98. The molecule has 0 amide bonds. The van der Waals surface area contributed by atoms with Crippen LogP contribution in [0.1, 0.15) is 27.3 Å². The molecule has 0 atom stereocenters. The van der Waals surface area contributed by atoms with E-state index in [2.05, 4.69) is 17.7 Å². The predicted molar refractivity (Wildman–Crippen MR) is 101 cm³/mol. The second-order valence-corrected chi connectivity index (χ2v) is 5.87. The van der Waals surface area contributed by atoms with E-state index in [0.29, 0.717) is 23.6 Å². The lowest BCUT2D eigenvalue weighted by Gasteiger charge is -2.11. The largest absolute Gasteiger partial charge is 0.493 e. The number of Topliss-reactive ketones (excluding diaryl/α,β-unsaturated/α-hetero) is 1. The maximum Gasteiger partial charge on any atom is 0.202 e. The summed E-state index contributed by atoms with van der Waals surface area (Å²) < 4.78 is 13.1. The smallest absolute Gasteiger partial charge is 0.202 e. The van der Waals surface area contributed by atoms with Crippen molar-refractivity contribution in [3.63, 3.8) is 0 Å². The van der Waals surface area contributed by atoms with Gasteiger partial charge in [0.15, 0.2) is 18.1 Å². The number of aryl methyl sites for hydroxylation is 1. The molecule has 4 nitrogen and oxygen atoms in total. The Morgan fingerprint density at radius 1 is 1.16 bits per heavy atom. The number of carbonyl (C=O) groups excluding carboxylic acids is 1. The fourth-order valence-corrected chi connectivity index (χ4v) is 2.84. The van der Waals surface area contributed by atoms with Gasteiger partial charge >= 0.3 is 0 Å². The summed E-state index contributed by atoms with van der Waals surface area (Å²) in [7, 11) is 1.59. The molecule has 0 aliphatic rings. The molecule has 0 N–H and O–H groups in total. The summed E-state index contributed by atoms with van der Waals surface area (Å²) in [5.74, 6) is 1.12. The van der Waals surface area contributed by atoms with Crippen LogP contribution < -0.4 is 9.47 Å². The Morgan fingerprint density at radius 3 is 2.56 bits per heavy atom. The topological polar surface area (TPSA) is 40.5 Å². The number of hydrogen-bond acceptors (Lipinski definition) is 3. The van der Waals surface area contributed by atoms with Crippen LogP contribution in [0.3, 0.4) is 0 Å². The number of hydrogen-bond donors (Lipinski definition) is 0. The van der Waals surface area contributed by atoms with Crippen LogP contribution >= 0.6 is 0 Å². The van der Waals surface area contributed by atoms with E-state index in [9.17, 15) is 4.79 Å². The minimum Gasteiger partial charge on any atom is -0.493 e. The number of allylic oxidation sites excluding steroid dienone is 2. The summed E-state index contributed by atoms with van der Waals surface area (Å²) in [5.41, 5.74) is 3.73. The van der Waals surface area contributed by atoms with E-state index in [1.165, 1.54) is 0 Å². The average molecular weight is 339 g/mol. The number of carbonyl (C=O) groups is 1. The summed E-state index contributed by atoms with van der Waals surface area (Å²) in [6.45, 7) is 12.1. The standard InChI is InChI=1S/C21H25NO3/c1-6-8-17-9-10-20(21(13-17)24-5)25-14-19(23)18-12-15(3)22(11-7-2)16(18)4/h6-7,9-10,12-13H,1-2,8,11,14H2,3-5H3. The SMILES string of the molecule is C=CCc1ccc(OCC(=O)c2cc(C)n(CC=C)c2C)c(OC)c1. The van der Waals surface area contributed by atoms with Crippen LogP contribution in [-0.4, -0.2) is 24.1 Å². The first-order valence-corrected chi connectivity index (χ1v) is 8.23. The third kappa shape index (κ3) is 4.21. The Labute approximate surface area is 149 Å². The highest BCUT2D eigenvalue weighted by Gasteiger charge is 2.16. The zero-order valence-electron chi connectivity index (χ0n) is 15.2. The maximum absolute atomic E-state index is 12.6. The molecule has 0 fully saturated rings. The van der Waals surface area contributed by atoms with Gasteiger partial charge in [0.2, 0.25) is 5.78 Å². The van der Waals surface area contributed by atoms with Gasteiger partial charge < -0.3 is 14.0 Å². The summed E-state index contributed by atoms with van der Waals surface area (Å²) >= 11 is 0. The van der Waals surface area contributed by atoms with Crippen molar-refractivity contribution in [2.45, 2.75) is 26.8 Å². The van der Waals surface area contributed by atoms with E-state index in [4.69, 9.17) is 9.47 Å². The molecule has 0 bridgehead atoms. The molecule has 2 aromatic rings. The minimum atomic E-state index is -0.0550. The van der Waals surface area contributed by atoms with E-state index < -0.39 is 0 Å². The summed E-state index contributed by atoms with van der Waals surface area (Å²) in [5, 5.41) is 0. The molecule has 4 heteroatoms. The molecule has 132 valence electrons. The summed E-state index contributed by atoms with van der Waals surface area (Å²) in [6.07, 6.45) is 4.41. The molecule has 0 saturated carbocycles. The van der Waals surface area contributed by atoms with Crippen LogP contribution in [0.5, 0.6) is 11.5 Å². The van der Waals surface area contributed by atoms with Gasteiger partial charge in [-0.1, -0.05) is 18.2 Å². The molecule has 0 radical (unpaired) electrons. The maximum atomic E-state index is 12.6. The number of aromatic nitrogens is 1. The van der Waals surface area contributed by atoms with Gasteiger partial charge in [0.25, 0.3) is 0 Å². The first kappa shape index (κ1) is 18.6. The van der Waals surface area contributed by atoms with Crippen molar-refractivity contribution in [2.24, 2.45) is 0 Å². The van der Waals surface area contributed by atoms with Crippen molar-refractivity contribution in [3.05, 3.63) is 72.1 Å². The third-order valence-corrected chi connectivity index (χ3v) is 4.15. The average Bonchev–Trinajstić information content (AvgIpc) is 2.89. The number of methoxy groups -OCH3 is 1. The molecule has 1 aromatic heterocycles. The minimum absolute atomic E-state index is 0.0322. The second kappa shape index (κ2) is 8.38. The van der Waals surface area contributed by atoms with Crippen LogP contribution in [0, 0.1) is 13.8 Å². The molecule has 25 heavy (non-hydrogen) atoms. The van der Waals surface area contributed by atoms with E-state index in [0.717, 1.165) is 23.4 Å². The molecule has 1 heterocycles. The van der Waals surface area contributed by atoms with Crippen molar-refractivity contribution >= 4 is 5.78 Å². The quantitative estimate of drug-likeness (QED) is 0.505. The molecular formula is C21H25NO3. The van der Waals surface area contributed by atoms with Gasteiger partial charge in [-0.25, -0.2) is 0 Å². The molecule has 0 unspecified atom stereocenters. The number of ether oxygens (including phenoxy) is 2. The zero-order valence-corrected chi connectivity index (χ0v) is 15.2. The van der Waals surface area contributed by atoms with Gasteiger partial charge in [0.05, 0.1) is 7.11 Å². The van der Waals surface area contributed by atoms with E-state index in [1.54, 1.807) is 7.11 Å². The highest BCUT2D eigenvalue weighted by atomic mass is 16.5. The highest BCUT2D eigenvalue weighted by Crippen LogP contribution is 2.28. The van der Waals surface area contributed by atoms with Gasteiger partial charge in [-0.3, -0.25) is 4.79 Å². The summed E-state index contributed by atoms with van der Waals surface area (Å²) in [4.78, 5) is 12.6. The van der Waals surface area contributed by atoms with Gasteiger partial charge in [-0.05, 0) is 44.0 Å². The number of ketones is 1. The Bertz CT molecular complexity index is 787. The number of nitrogens with zero attached hydrogens (tertiary/aromatic N) is 1. The third-order valence-electron chi connectivity index (χ3n) is 4.15. The van der Waals surface area contributed by atoms with Crippen LogP contribution in [0.25, 0.3) is 0 Å². The van der Waals surface area contributed by atoms with Crippen molar-refractivity contribution in [3.8, 4) is 11.5 Å². The van der Waals surface area contributed by atoms with E-state index in [-0.39, 0.29) is 12.4 Å². The monoisotopic (exact) mass is 339 g/mol. The first-order valence-electron chi connectivity index (χ1n) is 8.23. The predicted octanol–water partition coefficient (Wildman–Crippen LogP) is 4.29. The van der Waals surface area contributed by atoms with Crippen LogP contribution in [0.2, 0.25) is 0 Å². The van der Waals surface area contributed by atoms with Gasteiger partial charge in [-0.15, -0.1) is 13.2 Å². The Morgan fingerprint density at radius 2 is 1.92 bits per heavy atom. The Kier molecular flexibility index (Phi) is 6.23. The second-order valence-electron chi connectivity index (χ2n) is 5.87. The fourth-order valence-electron chi connectivity index (χ4n) is 2.84. The Balaban J connectivity index is 2.13. The van der Waals surface area contributed by atoms with Crippen molar-refractivity contribution in [2.75, 3.05) is 13.7 Å². The van der Waals surface area contributed by atoms with E-state index >= 15 is 0 Å². The molecule has 0 saturated heterocycles. The van der Waals surface area contributed by atoms with Crippen molar-refractivity contribution in [1.29, 1.82) is 0 Å². The lowest BCUT2D eigenvalue weighted by atomic mass is 10.1. The van der Waals surface area contributed by atoms with Crippen LogP contribution in [0.15, 0.2) is 49.6 Å².